The van der Waals surface area contributed by atoms with Crippen molar-refractivity contribution < 1.29 is 4.79 Å². The standard InChI is InChI=1S/C31H23ClN4OS/c32-27-14-6-3-11-23(27)19-36-29-16-8-7-15-28(29)34-31(36)38-20-30(37)35-33-18-26-24-12-4-1-9-21(24)17-22-10-2-5-13-25(22)26/h1-18H,19-20H2,(H,35,37)/b33-18+. The van der Waals surface area contributed by atoms with Gasteiger partial charge < -0.3 is 4.57 Å². The molecule has 1 aromatic heterocycles. The molecule has 0 fully saturated rings. The number of aromatic nitrogens is 2. The van der Waals surface area contributed by atoms with Gasteiger partial charge in [0.15, 0.2) is 5.16 Å². The van der Waals surface area contributed by atoms with E-state index in [0.717, 1.165) is 48.9 Å². The van der Waals surface area contributed by atoms with Crippen LogP contribution in [0.3, 0.4) is 0 Å². The molecule has 0 aliphatic heterocycles. The van der Waals surface area contributed by atoms with Crippen LogP contribution in [0.25, 0.3) is 32.6 Å². The molecule has 0 aliphatic carbocycles. The molecule has 6 rings (SSSR count). The second-order valence-corrected chi connectivity index (χ2v) is 10.2. The van der Waals surface area contributed by atoms with Gasteiger partial charge in [-0.05, 0) is 51.4 Å². The van der Waals surface area contributed by atoms with E-state index in [2.05, 4.69) is 45.4 Å². The van der Waals surface area contributed by atoms with Gasteiger partial charge in [0.25, 0.3) is 5.91 Å². The van der Waals surface area contributed by atoms with Gasteiger partial charge in [-0.15, -0.1) is 0 Å². The second kappa shape index (κ2) is 10.7. The highest BCUT2D eigenvalue weighted by Crippen LogP contribution is 2.28. The lowest BCUT2D eigenvalue weighted by Gasteiger charge is -2.10. The summed E-state index contributed by atoms with van der Waals surface area (Å²) in [5.74, 6) is -0.0217. The Morgan fingerprint density at radius 2 is 1.55 bits per heavy atom. The fraction of sp³-hybridized carbons (Fsp3) is 0.0645. The van der Waals surface area contributed by atoms with Gasteiger partial charge in [0, 0.05) is 10.6 Å². The highest BCUT2D eigenvalue weighted by atomic mass is 35.5. The third-order valence-electron chi connectivity index (χ3n) is 6.43. The van der Waals surface area contributed by atoms with Gasteiger partial charge in [0.1, 0.15) is 0 Å². The van der Waals surface area contributed by atoms with Gasteiger partial charge in [-0.2, -0.15) is 5.10 Å². The van der Waals surface area contributed by atoms with E-state index in [4.69, 9.17) is 16.6 Å². The number of nitrogens with one attached hydrogen (secondary N) is 1. The number of rotatable bonds is 7. The first-order chi connectivity index (χ1) is 18.7. The number of amides is 1. The molecule has 0 saturated heterocycles. The number of halogens is 1. The Kier molecular flexibility index (Phi) is 6.82. The van der Waals surface area contributed by atoms with Crippen LogP contribution >= 0.6 is 23.4 Å². The quantitative estimate of drug-likeness (QED) is 0.101. The van der Waals surface area contributed by atoms with Crippen LogP contribution in [-0.2, 0) is 11.3 Å². The van der Waals surface area contributed by atoms with E-state index in [-0.39, 0.29) is 11.7 Å². The average Bonchev–Trinajstić information content (AvgIpc) is 3.30. The number of carbonyl (C=O) groups excluding carboxylic acids is 1. The number of hydrogen-bond acceptors (Lipinski definition) is 4. The summed E-state index contributed by atoms with van der Waals surface area (Å²) < 4.78 is 2.10. The minimum Gasteiger partial charge on any atom is -0.314 e. The number of thioether (sulfide) groups is 1. The molecule has 186 valence electrons. The summed E-state index contributed by atoms with van der Waals surface area (Å²) in [5.41, 5.74) is 6.54. The number of nitrogens with zero attached hydrogens (tertiary/aromatic N) is 3. The van der Waals surface area contributed by atoms with Crippen molar-refractivity contribution in [1.82, 2.24) is 15.0 Å². The van der Waals surface area contributed by atoms with Crippen molar-refractivity contribution in [2.24, 2.45) is 5.10 Å². The fourth-order valence-electron chi connectivity index (χ4n) is 4.63. The molecule has 6 aromatic rings. The Bertz CT molecular complexity index is 1770. The molecule has 0 atom stereocenters. The molecular formula is C31H23ClN4OS. The lowest BCUT2D eigenvalue weighted by atomic mass is 9.97. The maximum atomic E-state index is 12.8. The molecule has 38 heavy (non-hydrogen) atoms. The maximum absolute atomic E-state index is 12.8. The third-order valence-corrected chi connectivity index (χ3v) is 7.78. The molecule has 0 bridgehead atoms. The molecule has 0 unspecified atom stereocenters. The van der Waals surface area contributed by atoms with E-state index in [0.29, 0.717) is 11.6 Å². The molecule has 5 aromatic carbocycles. The molecule has 0 radical (unpaired) electrons. The largest absolute Gasteiger partial charge is 0.314 e. The Hall–Kier alpha value is -4.13. The Morgan fingerprint density at radius 1 is 0.895 bits per heavy atom. The van der Waals surface area contributed by atoms with Crippen molar-refractivity contribution in [3.63, 3.8) is 0 Å². The predicted molar refractivity (Wildman–Crippen MR) is 158 cm³/mol. The summed E-state index contributed by atoms with van der Waals surface area (Å²) in [6.45, 7) is 0.566. The summed E-state index contributed by atoms with van der Waals surface area (Å²) in [6, 6.07) is 34.3. The van der Waals surface area contributed by atoms with E-state index in [9.17, 15) is 4.79 Å². The van der Waals surface area contributed by atoms with Crippen LogP contribution in [0, 0.1) is 0 Å². The van der Waals surface area contributed by atoms with Crippen LogP contribution in [0.5, 0.6) is 0 Å². The van der Waals surface area contributed by atoms with E-state index < -0.39 is 0 Å². The maximum Gasteiger partial charge on any atom is 0.250 e. The van der Waals surface area contributed by atoms with Crippen molar-refractivity contribution in [2.75, 3.05) is 5.75 Å². The lowest BCUT2D eigenvalue weighted by molar-refractivity contribution is -0.118. The van der Waals surface area contributed by atoms with Gasteiger partial charge in [0.2, 0.25) is 0 Å². The van der Waals surface area contributed by atoms with Gasteiger partial charge >= 0.3 is 0 Å². The predicted octanol–water partition coefficient (Wildman–Crippen LogP) is 7.29. The summed E-state index contributed by atoms with van der Waals surface area (Å²) in [6.07, 6.45) is 1.74. The molecule has 0 saturated carbocycles. The van der Waals surface area contributed by atoms with E-state index >= 15 is 0 Å². The number of hydrazone groups is 1. The number of para-hydroxylation sites is 2. The zero-order valence-electron chi connectivity index (χ0n) is 20.3. The van der Waals surface area contributed by atoms with Crippen molar-refractivity contribution in [1.29, 1.82) is 0 Å². The van der Waals surface area contributed by atoms with Crippen LogP contribution in [-0.4, -0.2) is 27.4 Å². The fourth-order valence-corrected chi connectivity index (χ4v) is 5.63. The Morgan fingerprint density at radius 3 is 2.32 bits per heavy atom. The van der Waals surface area contributed by atoms with Crippen LogP contribution in [0.4, 0.5) is 0 Å². The highest BCUT2D eigenvalue weighted by molar-refractivity contribution is 7.99. The Labute approximate surface area is 229 Å². The average molecular weight is 535 g/mol. The molecule has 0 spiro atoms. The number of carbonyl (C=O) groups is 1. The number of benzene rings is 5. The summed E-state index contributed by atoms with van der Waals surface area (Å²) in [5, 5.41) is 10.2. The van der Waals surface area contributed by atoms with Crippen molar-refractivity contribution in [3.8, 4) is 0 Å². The molecule has 1 N–H and O–H groups in total. The van der Waals surface area contributed by atoms with Crippen LogP contribution in [0.15, 0.2) is 113 Å². The topological polar surface area (TPSA) is 59.3 Å². The zero-order valence-corrected chi connectivity index (χ0v) is 21.9. The molecular weight excluding hydrogens is 512 g/mol. The number of hydrogen-bond donors (Lipinski definition) is 1. The number of imidazole rings is 1. The SMILES string of the molecule is O=C(CSc1nc2ccccc2n1Cc1ccccc1Cl)N/N=C/c1c2ccccc2cc2ccccc12. The Balaban J connectivity index is 1.21. The molecule has 7 heteroatoms. The van der Waals surface area contributed by atoms with Crippen LogP contribution in [0.1, 0.15) is 11.1 Å². The van der Waals surface area contributed by atoms with E-state index in [1.54, 1.807) is 6.21 Å². The van der Waals surface area contributed by atoms with Crippen molar-refractivity contribution in [3.05, 3.63) is 119 Å². The second-order valence-electron chi connectivity index (χ2n) is 8.88. The van der Waals surface area contributed by atoms with E-state index in [1.165, 1.54) is 11.8 Å². The van der Waals surface area contributed by atoms with Crippen molar-refractivity contribution >= 4 is 68.1 Å². The van der Waals surface area contributed by atoms with Gasteiger partial charge in [-0.25, -0.2) is 10.4 Å². The smallest absolute Gasteiger partial charge is 0.250 e. The first-order valence-corrected chi connectivity index (χ1v) is 13.6. The number of fused-ring (bicyclic) bond motifs is 3. The van der Waals surface area contributed by atoms with Gasteiger partial charge in [-0.3, -0.25) is 4.79 Å². The normalized spacial score (nSPS) is 11.6. The molecule has 1 amide bonds. The lowest BCUT2D eigenvalue weighted by Crippen LogP contribution is -2.20. The molecule has 0 aliphatic rings. The third kappa shape index (κ3) is 4.88. The molecule has 5 nitrogen and oxygen atoms in total. The van der Waals surface area contributed by atoms with Crippen molar-refractivity contribution in [2.45, 2.75) is 11.7 Å². The monoisotopic (exact) mass is 534 g/mol. The summed E-state index contributed by atoms with van der Waals surface area (Å²) in [7, 11) is 0. The first kappa shape index (κ1) is 24.2. The van der Waals surface area contributed by atoms with Gasteiger partial charge in [0.05, 0.1) is 29.5 Å². The van der Waals surface area contributed by atoms with E-state index in [1.807, 2.05) is 72.8 Å². The van der Waals surface area contributed by atoms with Crippen LogP contribution in [0.2, 0.25) is 5.02 Å². The first-order valence-electron chi connectivity index (χ1n) is 12.2. The zero-order chi connectivity index (χ0) is 25.9. The highest BCUT2D eigenvalue weighted by Gasteiger charge is 2.14. The van der Waals surface area contributed by atoms with Crippen LogP contribution < -0.4 is 5.43 Å². The minimum absolute atomic E-state index is 0.180. The minimum atomic E-state index is -0.202. The van der Waals surface area contributed by atoms with Gasteiger partial charge in [-0.1, -0.05) is 102 Å². The summed E-state index contributed by atoms with van der Waals surface area (Å²) in [4.78, 5) is 17.5. The summed E-state index contributed by atoms with van der Waals surface area (Å²) >= 11 is 7.81. The molecule has 1 heterocycles.